The second kappa shape index (κ2) is 4.40. The van der Waals surface area contributed by atoms with Gasteiger partial charge in [-0.05, 0) is 6.92 Å². The summed E-state index contributed by atoms with van der Waals surface area (Å²) in [6.07, 6.45) is 4.17. The Morgan fingerprint density at radius 1 is 1.53 bits per heavy atom. The Hall–Kier alpha value is -2.11. The van der Waals surface area contributed by atoms with E-state index in [-0.39, 0.29) is 5.69 Å². The molecule has 1 amide bonds. The van der Waals surface area contributed by atoms with Gasteiger partial charge in [-0.3, -0.25) is 9.48 Å². The molecular weight excluding hydrogens is 220 g/mol. The SMILES string of the molecule is CCc1onc(C(N)=O)c1-c1cnn(CC)c1. The molecule has 0 unspecified atom stereocenters. The van der Waals surface area contributed by atoms with Gasteiger partial charge in [-0.1, -0.05) is 12.1 Å². The van der Waals surface area contributed by atoms with Gasteiger partial charge in [0.25, 0.3) is 5.91 Å². The van der Waals surface area contributed by atoms with E-state index in [1.54, 1.807) is 10.9 Å². The molecule has 2 aromatic heterocycles. The molecule has 2 heterocycles. The van der Waals surface area contributed by atoms with Crippen LogP contribution in [0.4, 0.5) is 0 Å². The number of primary amides is 1. The minimum atomic E-state index is -0.590. The van der Waals surface area contributed by atoms with Gasteiger partial charge < -0.3 is 10.3 Å². The number of amides is 1. The molecule has 0 aliphatic heterocycles. The minimum Gasteiger partial charge on any atom is -0.364 e. The molecule has 0 bridgehead atoms. The number of carbonyl (C=O) groups is 1. The zero-order valence-electron chi connectivity index (χ0n) is 9.80. The lowest BCUT2D eigenvalue weighted by atomic mass is 10.1. The molecule has 17 heavy (non-hydrogen) atoms. The van der Waals surface area contributed by atoms with Gasteiger partial charge in [0.2, 0.25) is 0 Å². The van der Waals surface area contributed by atoms with Crippen molar-refractivity contribution in [1.29, 1.82) is 0 Å². The number of carbonyl (C=O) groups excluding carboxylic acids is 1. The normalized spacial score (nSPS) is 10.7. The van der Waals surface area contributed by atoms with E-state index < -0.39 is 5.91 Å². The Morgan fingerprint density at radius 2 is 2.29 bits per heavy atom. The lowest BCUT2D eigenvalue weighted by molar-refractivity contribution is 0.0992. The van der Waals surface area contributed by atoms with Crippen molar-refractivity contribution in [3.8, 4) is 11.1 Å². The molecule has 0 aromatic carbocycles. The van der Waals surface area contributed by atoms with Crippen molar-refractivity contribution >= 4 is 5.91 Å². The maximum absolute atomic E-state index is 11.3. The summed E-state index contributed by atoms with van der Waals surface area (Å²) >= 11 is 0. The number of nitrogens with zero attached hydrogens (tertiary/aromatic N) is 3. The average molecular weight is 234 g/mol. The lowest BCUT2D eigenvalue weighted by Crippen LogP contribution is -2.12. The van der Waals surface area contributed by atoms with Crippen LogP contribution in [0.3, 0.4) is 0 Å². The molecule has 0 atom stereocenters. The van der Waals surface area contributed by atoms with Crippen molar-refractivity contribution in [2.45, 2.75) is 26.8 Å². The average Bonchev–Trinajstić information content (AvgIpc) is 2.94. The highest BCUT2D eigenvalue weighted by Gasteiger charge is 2.21. The predicted octanol–water partition coefficient (Wildman–Crippen LogP) is 1.22. The van der Waals surface area contributed by atoms with Crippen molar-refractivity contribution in [3.05, 3.63) is 23.8 Å². The van der Waals surface area contributed by atoms with Crippen LogP contribution in [-0.4, -0.2) is 20.8 Å². The summed E-state index contributed by atoms with van der Waals surface area (Å²) in [4.78, 5) is 11.3. The Balaban J connectivity index is 2.55. The van der Waals surface area contributed by atoms with E-state index in [1.165, 1.54) is 0 Å². The Labute approximate surface area is 98.4 Å². The maximum atomic E-state index is 11.3. The summed E-state index contributed by atoms with van der Waals surface area (Å²) in [5, 5.41) is 7.87. The first-order valence-corrected chi connectivity index (χ1v) is 5.48. The maximum Gasteiger partial charge on any atom is 0.271 e. The number of rotatable bonds is 4. The molecule has 0 aliphatic rings. The van der Waals surface area contributed by atoms with Crippen molar-refractivity contribution in [2.24, 2.45) is 5.73 Å². The summed E-state index contributed by atoms with van der Waals surface area (Å²) in [5.74, 6) is 0.0575. The topological polar surface area (TPSA) is 86.9 Å². The molecule has 6 heteroatoms. The minimum absolute atomic E-state index is 0.164. The summed E-state index contributed by atoms with van der Waals surface area (Å²) in [7, 11) is 0. The Morgan fingerprint density at radius 3 is 2.82 bits per heavy atom. The van der Waals surface area contributed by atoms with Gasteiger partial charge >= 0.3 is 0 Å². The van der Waals surface area contributed by atoms with Crippen LogP contribution in [0.15, 0.2) is 16.9 Å². The molecule has 2 rings (SSSR count). The van der Waals surface area contributed by atoms with Crippen LogP contribution in [0.5, 0.6) is 0 Å². The number of aromatic nitrogens is 3. The summed E-state index contributed by atoms with van der Waals surface area (Å²) in [5.41, 5.74) is 6.89. The molecule has 0 spiro atoms. The third-order valence-corrected chi connectivity index (χ3v) is 2.56. The van der Waals surface area contributed by atoms with Crippen molar-refractivity contribution < 1.29 is 9.32 Å². The highest BCUT2D eigenvalue weighted by atomic mass is 16.5. The number of hydrogen-bond acceptors (Lipinski definition) is 4. The van der Waals surface area contributed by atoms with Crippen molar-refractivity contribution in [1.82, 2.24) is 14.9 Å². The fraction of sp³-hybridized carbons (Fsp3) is 0.364. The summed E-state index contributed by atoms with van der Waals surface area (Å²) in [6.45, 7) is 4.68. The van der Waals surface area contributed by atoms with Gasteiger partial charge in [0.1, 0.15) is 5.76 Å². The number of aryl methyl sites for hydroxylation is 2. The Kier molecular flexibility index (Phi) is 2.95. The quantitative estimate of drug-likeness (QED) is 0.861. The van der Waals surface area contributed by atoms with Crippen LogP contribution in [0.1, 0.15) is 30.1 Å². The molecule has 2 aromatic rings. The number of hydrogen-bond donors (Lipinski definition) is 1. The van der Waals surface area contributed by atoms with Crippen LogP contribution >= 0.6 is 0 Å². The first-order valence-electron chi connectivity index (χ1n) is 5.48. The van der Waals surface area contributed by atoms with Crippen molar-refractivity contribution in [2.75, 3.05) is 0 Å². The predicted molar refractivity (Wildman–Crippen MR) is 61.3 cm³/mol. The van der Waals surface area contributed by atoms with Crippen LogP contribution in [0.2, 0.25) is 0 Å². The fourth-order valence-electron chi connectivity index (χ4n) is 1.70. The lowest BCUT2D eigenvalue weighted by Gasteiger charge is -1.97. The van der Waals surface area contributed by atoms with E-state index in [0.717, 1.165) is 12.1 Å². The molecule has 0 saturated carbocycles. The molecule has 0 saturated heterocycles. The first-order chi connectivity index (χ1) is 8.17. The van der Waals surface area contributed by atoms with Gasteiger partial charge in [-0.15, -0.1) is 0 Å². The van der Waals surface area contributed by atoms with E-state index >= 15 is 0 Å². The summed E-state index contributed by atoms with van der Waals surface area (Å²) in [6, 6.07) is 0. The van der Waals surface area contributed by atoms with Gasteiger partial charge in [0, 0.05) is 24.7 Å². The van der Waals surface area contributed by atoms with E-state index in [2.05, 4.69) is 10.3 Å². The monoisotopic (exact) mass is 234 g/mol. The standard InChI is InChI=1S/C11H14N4O2/c1-3-8-9(10(11(12)16)14-17-8)7-5-13-15(4-2)6-7/h5-6H,3-4H2,1-2H3,(H2,12,16). The largest absolute Gasteiger partial charge is 0.364 e. The third-order valence-electron chi connectivity index (χ3n) is 2.56. The van der Waals surface area contributed by atoms with E-state index in [0.29, 0.717) is 17.7 Å². The second-order valence-electron chi connectivity index (χ2n) is 3.63. The van der Waals surface area contributed by atoms with Crippen LogP contribution in [0.25, 0.3) is 11.1 Å². The van der Waals surface area contributed by atoms with Gasteiger partial charge in [-0.2, -0.15) is 5.10 Å². The zero-order valence-corrected chi connectivity index (χ0v) is 9.80. The smallest absolute Gasteiger partial charge is 0.271 e. The van der Waals surface area contributed by atoms with E-state index in [9.17, 15) is 4.79 Å². The Bertz CT molecular complexity index is 541. The molecule has 6 nitrogen and oxygen atoms in total. The molecule has 0 radical (unpaired) electrons. The molecular formula is C11H14N4O2. The van der Waals surface area contributed by atoms with Gasteiger partial charge in [0.05, 0.1) is 11.8 Å². The fourth-order valence-corrected chi connectivity index (χ4v) is 1.70. The molecule has 0 aliphatic carbocycles. The van der Waals surface area contributed by atoms with Crippen LogP contribution in [-0.2, 0) is 13.0 Å². The first kappa shape index (κ1) is 11.4. The van der Waals surface area contributed by atoms with Gasteiger partial charge in [-0.25, -0.2) is 0 Å². The zero-order chi connectivity index (χ0) is 12.4. The van der Waals surface area contributed by atoms with E-state index in [1.807, 2.05) is 20.0 Å². The van der Waals surface area contributed by atoms with Gasteiger partial charge in [0.15, 0.2) is 5.69 Å². The van der Waals surface area contributed by atoms with Crippen LogP contribution < -0.4 is 5.73 Å². The molecule has 0 fully saturated rings. The summed E-state index contributed by atoms with van der Waals surface area (Å²) < 4.78 is 6.89. The van der Waals surface area contributed by atoms with Crippen LogP contribution in [0, 0.1) is 0 Å². The highest BCUT2D eigenvalue weighted by molar-refractivity contribution is 5.98. The van der Waals surface area contributed by atoms with Crippen molar-refractivity contribution in [3.63, 3.8) is 0 Å². The second-order valence-corrected chi connectivity index (χ2v) is 3.63. The third kappa shape index (κ3) is 1.93. The van der Waals surface area contributed by atoms with E-state index in [4.69, 9.17) is 10.3 Å². The molecule has 2 N–H and O–H groups in total. The molecule has 90 valence electrons. The number of nitrogens with two attached hydrogens (primary N) is 1. The highest BCUT2D eigenvalue weighted by Crippen LogP contribution is 2.27.